The summed E-state index contributed by atoms with van der Waals surface area (Å²) in [4.78, 5) is 21.2. The van der Waals surface area contributed by atoms with Crippen molar-refractivity contribution in [2.24, 2.45) is 0 Å². The fourth-order valence-corrected chi connectivity index (χ4v) is 4.63. The molecule has 0 bridgehead atoms. The first-order valence-corrected chi connectivity index (χ1v) is 10.9. The van der Waals surface area contributed by atoms with Crippen LogP contribution in [-0.2, 0) is 4.79 Å². The molecule has 0 aliphatic carbocycles. The predicted molar refractivity (Wildman–Crippen MR) is 120 cm³/mol. The minimum Gasteiger partial charge on any atom is -0.395 e. The van der Waals surface area contributed by atoms with Gasteiger partial charge in [0.25, 0.3) is 0 Å². The molecular weight excluding hydrogens is 376 g/mol. The first kappa shape index (κ1) is 22.8. The molecule has 30 heavy (non-hydrogen) atoms. The van der Waals surface area contributed by atoms with E-state index >= 15 is 0 Å². The van der Waals surface area contributed by atoms with Crippen molar-refractivity contribution < 1.29 is 9.90 Å². The summed E-state index contributed by atoms with van der Waals surface area (Å²) in [6.45, 7) is 3.89. The Kier molecular flexibility index (Phi) is 7.90. The van der Waals surface area contributed by atoms with Crippen molar-refractivity contribution in [2.45, 2.75) is 30.8 Å². The number of likely N-dealkylation sites (N-methyl/N-ethyl adjacent to an activating group) is 1. The Hall–Kier alpha value is -1.91. The molecule has 2 saturated heterocycles. The number of hydrogen-bond donors (Lipinski definition) is 1. The van der Waals surface area contributed by atoms with Crippen LogP contribution in [0, 0.1) is 11.8 Å². The molecule has 0 unspecified atom stereocenters. The molecule has 3 atom stereocenters. The van der Waals surface area contributed by atoms with E-state index in [1.807, 2.05) is 42.9 Å². The van der Waals surface area contributed by atoms with Crippen molar-refractivity contribution in [2.75, 3.05) is 67.5 Å². The number of hydrogen-bond acceptors (Lipinski definition) is 5. The van der Waals surface area contributed by atoms with Gasteiger partial charge in [-0.15, -0.1) is 0 Å². The van der Waals surface area contributed by atoms with Crippen molar-refractivity contribution in [3.63, 3.8) is 0 Å². The topological polar surface area (TPSA) is 50.3 Å². The Bertz CT molecular complexity index is 766. The Balaban J connectivity index is 1.75. The van der Waals surface area contributed by atoms with E-state index in [4.69, 9.17) is 0 Å². The van der Waals surface area contributed by atoms with Crippen molar-refractivity contribution in [1.82, 2.24) is 19.6 Å². The van der Waals surface area contributed by atoms with Crippen LogP contribution >= 0.6 is 0 Å². The monoisotopic (exact) mass is 412 g/mol. The number of rotatable bonds is 5. The third kappa shape index (κ3) is 5.41. The number of carbonyl (C=O) groups excluding carboxylic acids is 1. The van der Waals surface area contributed by atoms with Crippen LogP contribution in [0.25, 0.3) is 0 Å². The summed E-state index contributed by atoms with van der Waals surface area (Å²) in [5, 5.41) is 10.1. The number of amides is 1. The van der Waals surface area contributed by atoms with E-state index in [1.54, 1.807) is 0 Å². The third-order valence-corrected chi connectivity index (χ3v) is 6.10. The summed E-state index contributed by atoms with van der Waals surface area (Å²) in [5.41, 5.74) is 2.24. The van der Waals surface area contributed by atoms with Crippen LogP contribution in [0.5, 0.6) is 0 Å². The van der Waals surface area contributed by atoms with E-state index in [1.165, 1.54) is 5.56 Å². The molecule has 1 aromatic rings. The molecule has 2 aliphatic heterocycles. The van der Waals surface area contributed by atoms with Crippen LogP contribution in [-0.4, -0.2) is 110 Å². The van der Waals surface area contributed by atoms with Gasteiger partial charge in [0.05, 0.1) is 19.7 Å². The third-order valence-electron chi connectivity index (χ3n) is 6.10. The molecule has 6 nitrogen and oxygen atoms in total. The highest BCUT2D eigenvalue weighted by molar-refractivity contribution is 5.78. The second-order valence-corrected chi connectivity index (χ2v) is 9.03. The molecule has 2 heterocycles. The van der Waals surface area contributed by atoms with Crippen molar-refractivity contribution in [3.05, 3.63) is 35.4 Å². The number of carbonyl (C=O) groups is 1. The quantitative estimate of drug-likeness (QED) is 0.729. The first-order valence-electron chi connectivity index (χ1n) is 10.9. The summed E-state index contributed by atoms with van der Waals surface area (Å²) in [6.07, 6.45) is 2.08. The molecule has 164 valence electrons. The second kappa shape index (κ2) is 10.4. The molecule has 2 fully saturated rings. The molecule has 0 spiro atoms. The fraction of sp³-hybridized carbons (Fsp3) is 0.625. The van der Waals surface area contributed by atoms with Gasteiger partial charge in [-0.1, -0.05) is 24.0 Å². The van der Waals surface area contributed by atoms with Crippen molar-refractivity contribution >= 4 is 5.91 Å². The van der Waals surface area contributed by atoms with Crippen LogP contribution < -0.4 is 0 Å². The lowest BCUT2D eigenvalue weighted by atomic mass is 9.74. The summed E-state index contributed by atoms with van der Waals surface area (Å²) < 4.78 is 0. The van der Waals surface area contributed by atoms with E-state index < -0.39 is 0 Å². The van der Waals surface area contributed by atoms with E-state index in [9.17, 15) is 9.90 Å². The smallest absolute Gasteiger partial charge is 0.236 e. The number of aliphatic hydroxyl groups is 1. The van der Waals surface area contributed by atoms with Gasteiger partial charge < -0.3 is 14.9 Å². The Morgan fingerprint density at radius 2 is 1.80 bits per heavy atom. The average Bonchev–Trinajstić information content (AvgIpc) is 2.67. The molecule has 0 radical (unpaired) electrons. The van der Waals surface area contributed by atoms with Gasteiger partial charge in [0, 0.05) is 36.7 Å². The highest BCUT2D eigenvalue weighted by Gasteiger charge is 2.49. The van der Waals surface area contributed by atoms with Crippen LogP contribution in [0.3, 0.4) is 0 Å². The van der Waals surface area contributed by atoms with Gasteiger partial charge in [0.1, 0.15) is 0 Å². The standard InChI is InChI=1S/C24H36N4O2/c1-25(2)13-7-8-19-9-11-20(12-10-19)24-21-16-27(23(30)17-26(3)4)14-5-6-15-28(21)22(24)18-29/h9-12,21-22,24,29H,5-6,13-18H2,1-4H3/t21-,22+,24+/m1/s1. The number of nitrogens with zero attached hydrogens (tertiary/aromatic N) is 4. The van der Waals surface area contributed by atoms with E-state index in [2.05, 4.69) is 41.0 Å². The molecule has 0 aromatic heterocycles. The van der Waals surface area contributed by atoms with Crippen LogP contribution in [0.15, 0.2) is 24.3 Å². The van der Waals surface area contributed by atoms with E-state index in [0.717, 1.165) is 44.6 Å². The Morgan fingerprint density at radius 3 is 2.43 bits per heavy atom. The number of benzene rings is 1. The van der Waals surface area contributed by atoms with Gasteiger partial charge in [-0.25, -0.2) is 0 Å². The summed E-state index contributed by atoms with van der Waals surface area (Å²) in [6, 6.07) is 8.84. The summed E-state index contributed by atoms with van der Waals surface area (Å²) >= 11 is 0. The summed E-state index contributed by atoms with van der Waals surface area (Å²) in [7, 11) is 7.89. The molecule has 1 aromatic carbocycles. The maximum atomic E-state index is 12.7. The van der Waals surface area contributed by atoms with Gasteiger partial charge in [-0.05, 0) is 65.3 Å². The van der Waals surface area contributed by atoms with Gasteiger partial charge in [-0.3, -0.25) is 14.6 Å². The lowest BCUT2D eigenvalue weighted by Gasteiger charge is -2.57. The molecule has 3 rings (SSSR count). The van der Waals surface area contributed by atoms with Gasteiger partial charge in [0.15, 0.2) is 0 Å². The minimum atomic E-state index is 0.129. The zero-order valence-electron chi connectivity index (χ0n) is 18.8. The molecule has 0 saturated carbocycles. The highest BCUT2D eigenvalue weighted by atomic mass is 16.3. The lowest BCUT2D eigenvalue weighted by molar-refractivity contribution is -0.137. The molecular formula is C24H36N4O2. The fourth-order valence-electron chi connectivity index (χ4n) is 4.63. The SMILES string of the molecule is CN(C)CC#Cc1ccc([C@H]2[C@H]3CN(C(=O)CN(C)C)CCCCN3[C@H]2CO)cc1. The van der Waals surface area contributed by atoms with E-state index in [0.29, 0.717) is 6.54 Å². The lowest BCUT2D eigenvalue weighted by Crippen LogP contribution is -2.68. The molecule has 2 aliphatic rings. The largest absolute Gasteiger partial charge is 0.395 e. The van der Waals surface area contributed by atoms with Crippen LogP contribution in [0.1, 0.15) is 29.9 Å². The predicted octanol–water partition coefficient (Wildman–Crippen LogP) is 0.912. The van der Waals surface area contributed by atoms with Crippen molar-refractivity contribution in [1.29, 1.82) is 0 Å². The molecule has 6 heteroatoms. The maximum Gasteiger partial charge on any atom is 0.236 e. The van der Waals surface area contributed by atoms with Gasteiger partial charge >= 0.3 is 0 Å². The zero-order chi connectivity index (χ0) is 21.7. The van der Waals surface area contributed by atoms with Gasteiger partial charge in [0.2, 0.25) is 5.91 Å². The highest BCUT2D eigenvalue weighted by Crippen LogP contribution is 2.41. The minimum absolute atomic E-state index is 0.129. The van der Waals surface area contributed by atoms with Crippen LogP contribution in [0.2, 0.25) is 0 Å². The average molecular weight is 413 g/mol. The molecule has 1 N–H and O–H groups in total. The Morgan fingerprint density at radius 1 is 1.10 bits per heavy atom. The number of fused-ring (bicyclic) bond motifs is 1. The van der Waals surface area contributed by atoms with Gasteiger partial charge in [-0.2, -0.15) is 0 Å². The number of aliphatic hydroxyl groups excluding tert-OH is 1. The maximum absolute atomic E-state index is 12.7. The molecule has 1 amide bonds. The second-order valence-electron chi connectivity index (χ2n) is 9.03. The van der Waals surface area contributed by atoms with Crippen LogP contribution in [0.4, 0.5) is 0 Å². The normalized spacial score (nSPS) is 24.5. The first-order chi connectivity index (χ1) is 14.4. The zero-order valence-corrected chi connectivity index (χ0v) is 18.8. The van der Waals surface area contributed by atoms with Crippen molar-refractivity contribution in [3.8, 4) is 11.8 Å². The summed E-state index contributed by atoms with van der Waals surface area (Å²) in [5.74, 6) is 6.82. The Labute approximate surface area is 181 Å². The van der Waals surface area contributed by atoms with E-state index in [-0.39, 0.29) is 30.5 Å².